The molecule has 2 rings (SSSR count). The van der Waals surface area contributed by atoms with E-state index in [9.17, 15) is 14.9 Å². The zero-order chi connectivity index (χ0) is 13.8. The molecule has 1 aliphatic carbocycles. The summed E-state index contributed by atoms with van der Waals surface area (Å²) in [5.74, 6) is -0.412. The van der Waals surface area contributed by atoms with Gasteiger partial charge in [-0.1, -0.05) is 0 Å². The topological polar surface area (TPSA) is 99.5 Å². The van der Waals surface area contributed by atoms with E-state index in [0.717, 1.165) is 19.3 Å². The fourth-order valence-electron chi connectivity index (χ4n) is 2.16. The molecule has 0 radical (unpaired) electrons. The second kappa shape index (κ2) is 5.83. The number of aliphatic hydroxyl groups excluding tert-OH is 1. The third-order valence-corrected chi connectivity index (χ3v) is 3.43. The van der Waals surface area contributed by atoms with Crippen molar-refractivity contribution in [2.75, 3.05) is 13.2 Å². The van der Waals surface area contributed by atoms with Gasteiger partial charge in [0.05, 0.1) is 0 Å². The summed E-state index contributed by atoms with van der Waals surface area (Å²) >= 11 is 0. The van der Waals surface area contributed by atoms with Crippen LogP contribution in [0.2, 0.25) is 0 Å². The number of nitrogens with zero attached hydrogens (tertiary/aromatic N) is 2. The lowest BCUT2D eigenvalue weighted by Gasteiger charge is -2.36. The first-order chi connectivity index (χ1) is 9.13. The molecule has 7 nitrogen and oxygen atoms in total. The average Bonchev–Trinajstić information content (AvgIpc) is 2.80. The Bertz CT molecular complexity index is 467. The summed E-state index contributed by atoms with van der Waals surface area (Å²) in [5, 5.41) is 19.5. The van der Waals surface area contributed by atoms with Crippen molar-refractivity contribution in [3.63, 3.8) is 0 Å². The summed E-state index contributed by atoms with van der Waals surface area (Å²) in [5.41, 5.74) is 0.233. The third-order valence-electron chi connectivity index (χ3n) is 3.43. The Morgan fingerprint density at radius 2 is 2.26 bits per heavy atom. The van der Waals surface area contributed by atoms with E-state index in [4.69, 9.17) is 5.11 Å². The number of nitro groups is 1. The maximum atomic E-state index is 12.3. The monoisotopic (exact) mass is 267 g/mol. The van der Waals surface area contributed by atoms with E-state index in [2.05, 4.69) is 4.98 Å². The van der Waals surface area contributed by atoms with Gasteiger partial charge in [-0.15, -0.1) is 0 Å². The Balaban J connectivity index is 2.10. The lowest BCUT2D eigenvalue weighted by atomic mass is 9.91. The molecule has 0 atom stereocenters. The Labute approximate surface area is 110 Å². The van der Waals surface area contributed by atoms with Crippen LogP contribution in [0.4, 0.5) is 5.82 Å². The Morgan fingerprint density at radius 3 is 2.74 bits per heavy atom. The van der Waals surface area contributed by atoms with Crippen molar-refractivity contribution in [3.8, 4) is 0 Å². The fourth-order valence-corrected chi connectivity index (χ4v) is 2.16. The third kappa shape index (κ3) is 2.93. The van der Waals surface area contributed by atoms with Gasteiger partial charge in [0.15, 0.2) is 5.69 Å². The van der Waals surface area contributed by atoms with Crippen molar-refractivity contribution in [2.45, 2.75) is 31.7 Å². The molecule has 1 heterocycles. The Hall–Kier alpha value is -1.89. The van der Waals surface area contributed by atoms with Crippen LogP contribution in [-0.4, -0.2) is 45.0 Å². The Morgan fingerprint density at radius 1 is 1.53 bits per heavy atom. The SMILES string of the molecule is O=C(c1ccc([N+](=O)[O-])[nH]1)N(CCCO)C1CCC1. The first kappa shape index (κ1) is 13.5. The molecule has 2 N–H and O–H groups in total. The number of nitrogens with one attached hydrogen (secondary N) is 1. The van der Waals surface area contributed by atoms with Gasteiger partial charge < -0.3 is 20.1 Å². The maximum absolute atomic E-state index is 12.3. The van der Waals surface area contributed by atoms with Gasteiger partial charge in [-0.2, -0.15) is 0 Å². The van der Waals surface area contributed by atoms with E-state index in [1.54, 1.807) is 4.90 Å². The minimum atomic E-state index is -0.557. The standard InChI is InChI=1S/C12H17N3O4/c16-8-2-7-14(9-3-1-4-9)12(17)10-5-6-11(13-10)15(18)19/h5-6,9,13,16H,1-4,7-8H2. The van der Waals surface area contributed by atoms with Crippen molar-refractivity contribution in [1.82, 2.24) is 9.88 Å². The molecule has 0 aromatic carbocycles. The zero-order valence-corrected chi connectivity index (χ0v) is 10.5. The van der Waals surface area contributed by atoms with Gasteiger partial charge in [0.2, 0.25) is 0 Å². The van der Waals surface area contributed by atoms with Gasteiger partial charge in [-0.05, 0) is 36.7 Å². The normalized spacial score (nSPS) is 15.0. The van der Waals surface area contributed by atoms with Crippen LogP contribution in [0.3, 0.4) is 0 Å². The van der Waals surface area contributed by atoms with Crippen molar-refractivity contribution >= 4 is 11.7 Å². The highest BCUT2D eigenvalue weighted by Crippen LogP contribution is 2.26. The molecular weight excluding hydrogens is 250 g/mol. The number of hydrogen-bond acceptors (Lipinski definition) is 4. The summed E-state index contributed by atoms with van der Waals surface area (Å²) < 4.78 is 0. The first-order valence-electron chi connectivity index (χ1n) is 6.38. The molecule has 1 fully saturated rings. The van der Waals surface area contributed by atoms with E-state index in [0.29, 0.717) is 13.0 Å². The van der Waals surface area contributed by atoms with E-state index in [-0.39, 0.29) is 30.1 Å². The molecule has 1 aromatic rings. The molecule has 19 heavy (non-hydrogen) atoms. The quantitative estimate of drug-likeness (QED) is 0.599. The summed E-state index contributed by atoms with van der Waals surface area (Å²) in [4.78, 5) is 26.6. The lowest BCUT2D eigenvalue weighted by molar-refractivity contribution is -0.389. The zero-order valence-electron chi connectivity index (χ0n) is 10.5. The molecule has 1 amide bonds. The molecule has 0 unspecified atom stereocenters. The molecule has 0 aliphatic heterocycles. The number of aliphatic hydroxyl groups is 1. The van der Waals surface area contributed by atoms with Gasteiger partial charge in [0, 0.05) is 25.3 Å². The van der Waals surface area contributed by atoms with Crippen LogP contribution in [0.5, 0.6) is 0 Å². The predicted molar refractivity (Wildman–Crippen MR) is 67.8 cm³/mol. The number of aromatic nitrogens is 1. The smallest absolute Gasteiger partial charge is 0.321 e. The second-order valence-electron chi connectivity index (χ2n) is 4.67. The molecular formula is C12H17N3O4. The minimum absolute atomic E-state index is 0.0291. The van der Waals surface area contributed by atoms with Crippen molar-refractivity contribution in [2.24, 2.45) is 0 Å². The number of hydrogen-bond donors (Lipinski definition) is 2. The molecule has 104 valence electrons. The molecule has 7 heteroatoms. The number of aromatic amines is 1. The van der Waals surface area contributed by atoms with Gasteiger partial charge in [0.25, 0.3) is 5.91 Å². The molecule has 0 spiro atoms. The van der Waals surface area contributed by atoms with E-state index >= 15 is 0 Å². The minimum Gasteiger partial charge on any atom is -0.396 e. The largest absolute Gasteiger partial charge is 0.396 e. The van der Waals surface area contributed by atoms with Crippen molar-refractivity contribution < 1.29 is 14.8 Å². The van der Waals surface area contributed by atoms with Gasteiger partial charge in [0.1, 0.15) is 0 Å². The summed E-state index contributed by atoms with van der Waals surface area (Å²) in [7, 11) is 0. The van der Waals surface area contributed by atoms with E-state index in [1.165, 1.54) is 12.1 Å². The summed E-state index contributed by atoms with van der Waals surface area (Å²) in [6.07, 6.45) is 3.53. The highest BCUT2D eigenvalue weighted by atomic mass is 16.6. The Kier molecular flexibility index (Phi) is 4.16. The van der Waals surface area contributed by atoms with Crippen LogP contribution in [-0.2, 0) is 0 Å². The van der Waals surface area contributed by atoms with Crippen LogP contribution < -0.4 is 0 Å². The fraction of sp³-hybridized carbons (Fsp3) is 0.583. The van der Waals surface area contributed by atoms with Crippen molar-refractivity contribution in [3.05, 3.63) is 27.9 Å². The molecule has 0 bridgehead atoms. The maximum Gasteiger partial charge on any atom is 0.321 e. The average molecular weight is 267 g/mol. The molecule has 1 saturated carbocycles. The predicted octanol–water partition coefficient (Wildman–Crippen LogP) is 1.30. The van der Waals surface area contributed by atoms with Crippen LogP contribution in [0.1, 0.15) is 36.2 Å². The summed E-state index contributed by atoms with van der Waals surface area (Å²) in [6, 6.07) is 2.92. The number of H-pyrrole nitrogens is 1. The van der Waals surface area contributed by atoms with E-state index < -0.39 is 4.92 Å². The van der Waals surface area contributed by atoms with Crippen LogP contribution >= 0.6 is 0 Å². The van der Waals surface area contributed by atoms with Crippen LogP contribution in [0.25, 0.3) is 0 Å². The second-order valence-corrected chi connectivity index (χ2v) is 4.67. The number of amides is 1. The van der Waals surface area contributed by atoms with Crippen LogP contribution in [0, 0.1) is 10.1 Å². The number of carbonyl (C=O) groups is 1. The highest BCUT2D eigenvalue weighted by molar-refractivity contribution is 5.93. The number of rotatable bonds is 6. The molecule has 0 saturated heterocycles. The highest BCUT2D eigenvalue weighted by Gasteiger charge is 2.31. The van der Waals surface area contributed by atoms with Gasteiger partial charge >= 0.3 is 5.82 Å². The first-order valence-corrected chi connectivity index (χ1v) is 6.38. The molecule has 1 aromatic heterocycles. The van der Waals surface area contributed by atoms with E-state index in [1.807, 2.05) is 0 Å². The van der Waals surface area contributed by atoms with Gasteiger partial charge in [-0.25, -0.2) is 4.98 Å². The van der Waals surface area contributed by atoms with Crippen LogP contribution in [0.15, 0.2) is 12.1 Å². The van der Waals surface area contributed by atoms with Gasteiger partial charge in [-0.3, -0.25) is 4.79 Å². The number of carbonyl (C=O) groups excluding carboxylic acids is 1. The lowest BCUT2D eigenvalue weighted by Crippen LogP contribution is -2.45. The summed E-state index contributed by atoms with van der Waals surface area (Å²) in [6.45, 7) is 0.508. The molecule has 1 aliphatic rings. The van der Waals surface area contributed by atoms with Crippen molar-refractivity contribution in [1.29, 1.82) is 0 Å².